The Hall–Kier alpha value is -2.43. The fourth-order valence-electron chi connectivity index (χ4n) is 4.03. The number of aromatic nitrogens is 1. The van der Waals surface area contributed by atoms with Gasteiger partial charge in [-0.25, -0.2) is 4.98 Å². The summed E-state index contributed by atoms with van der Waals surface area (Å²) in [6.45, 7) is 5.08. The van der Waals surface area contributed by atoms with Gasteiger partial charge in [0.15, 0.2) is 0 Å². The lowest BCUT2D eigenvalue weighted by Crippen LogP contribution is -2.38. The molecule has 1 aliphatic rings. The van der Waals surface area contributed by atoms with Gasteiger partial charge in [-0.15, -0.1) is 0 Å². The molecule has 0 spiro atoms. The molecule has 3 aromatic rings. The lowest BCUT2D eigenvalue weighted by molar-refractivity contribution is 0.0286. The van der Waals surface area contributed by atoms with Crippen molar-refractivity contribution in [2.24, 2.45) is 0 Å². The molecular weight excluding hydrogens is 348 g/mol. The maximum Gasteiger partial charge on any atom is 0.118 e. The van der Waals surface area contributed by atoms with Crippen LogP contribution in [0.1, 0.15) is 24.0 Å². The molecule has 0 unspecified atom stereocenters. The van der Waals surface area contributed by atoms with Gasteiger partial charge in [0.2, 0.25) is 0 Å². The van der Waals surface area contributed by atoms with Crippen molar-refractivity contribution in [2.75, 3.05) is 27.3 Å². The number of pyridine rings is 1. The molecule has 1 atom stereocenters. The van der Waals surface area contributed by atoms with E-state index < -0.39 is 0 Å². The topological polar surface area (TPSA) is 34.6 Å². The number of fused-ring (bicyclic) bond motifs is 1. The minimum absolute atomic E-state index is 0.328. The Balaban J connectivity index is 1.74. The number of piperidine rings is 1. The van der Waals surface area contributed by atoms with Gasteiger partial charge >= 0.3 is 0 Å². The third-order valence-corrected chi connectivity index (χ3v) is 5.61. The maximum absolute atomic E-state index is 5.61. The van der Waals surface area contributed by atoms with Crippen LogP contribution in [0.4, 0.5) is 0 Å². The highest BCUT2D eigenvalue weighted by Gasteiger charge is 2.21. The fourth-order valence-corrected chi connectivity index (χ4v) is 4.03. The molecule has 1 fully saturated rings. The van der Waals surface area contributed by atoms with Gasteiger partial charge in [0.1, 0.15) is 5.75 Å². The van der Waals surface area contributed by atoms with Crippen molar-refractivity contribution in [1.82, 2.24) is 9.88 Å². The Morgan fingerprint density at radius 1 is 1.07 bits per heavy atom. The normalized spacial score (nSPS) is 17.8. The quantitative estimate of drug-likeness (QED) is 0.639. The summed E-state index contributed by atoms with van der Waals surface area (Å²) < 4.78 is 10.9. The highest BCUT2D eigenvalue weighted by atomic mass is 16.5. The number of benzene rings is 2. The van der Waals surface area contributed by atoms with Gasteiger partial charge in [0.05, 0.1) is 24.4 Å². The Morgan fingerprint density at radius 2 is 1.89 bits per heavy atom. The molecule has 28 heavy (non-hydrogen) atoms. The number of rotatable bonds is 5. The van der Waals surface area contributed by atoms with Crippen LogP contribution in [0.3, 0.4) is 0 Å². The molecule has 0 saturated carbocycles. The van der Waals surface area contributed by atoms with Crippen LogP contribution in [-0.2, 0) is 11.3 Å². The lowest BCUT2D eigenvalue weighted by atomic mass is 10.0. The number of ether oxygens (including phenoxy) is 2. The van der Waals surface area contributed by atoms with E-state index >= 15 is 0 Å². The van der Waals surface area contributed by atoms with Crippen molar-refractivity contribution in [3.8, 4) is 17.0 Å². The van der Waals surface area contributed by atoms with Crippen molar-refractivity contribution >= 4 is 10.9 Å². The maximum atomic E-state index is 5.61. The molecule has 0 radical (unpaired) electrons. The van der Waals surface area contributed by atoms with Crippen LogP contribution in [-0.4, -0.2) is 43.3 Å². The van der Waals surface area contributed by atoms with E-state index in [1.165, 1.54) is 22.9 Å². The molecule has 0 amide bonds. The second kappa shape index (κ2) is 8.29. The van der Waals surface area contributed by atoms with Crippen LogP contribution in [0.25, 0.3) is 22.2 Å². The fraction of sp³-hybridized carbons (Fsp3) is 0.375. The first kappa shape index (κ1) is 18.9. The summed E-state index contributed by atoms with van der Waals surface area (Å²) in [6.07, 6.45) is 2.65. The van der Waals surface area contributed by atoms with Crippen LogP contribution in [0, 0.1) is 6.92 Å². The number of methoxy groups -OCH3 is 2. The molecule has 2 heterocycles. The third-order valence-electron chi connectivity index (χ3n) is 5.61. The minimum atomic E-state index is 0.328. The Labute approximate surface area is 167 Å². The highest BCUT2D eigenvalue weighted by molar-refractivity contribution is 5.84. The van der Waals surface area contributed by atoms with Crippen LogP contribution >= 0.6 is 0 Å². The average molecular weight is 377 g/mol. The van der Waals surface area contributed by atoms with E-state index in [1.807, 2.05) is 19.2 Å². The molecule has 1 aromatic heterocycles. The minimum Gasteiger partial charge on any atom is -0.497 e. The van der Waals surface area contributed by atoms with Crippen LogP contribution in [0.15, 0.2) is 48.5 Å². The Morgan fingerprint density at radius 3 is 2.64 bits per heavy atom. The van der Waals surface area contributed by atoms with E-state index in [0.29, 0.717) is 6.10 Å². The van der Waals surface area contributed by atoms with E-state index in [-0.39, 0.29) is 0 Å². The summed E-state index contributed by atoms with van der Waals surface area (Å²) in [5, 5.41) is 1.19. The monoisotopic (exact) mass is 376 g/mol. The first-order valence-corrected chi connectivity index (χ1v) is 9.96. The molecule has 146 valence electrons. The van der Waals surface area contributed by atoms with Crippen molar-refractivity contribution in [3.63, 3.8) is 0 Å². The number of nitrogens with zero attached hydrogens (tertiary/aromatic N) is 2. The van der Waals surface area contributed by atoms with Gasteiger partial charge in [-0.1, -0.05) is 12.1 Å². The van der Waals surface area contributed by atoms with Gasteiger partial charge in [0, 0.05) is 31.1 Å². The number of hydrogen-bond acceptors (Lipinski definition) is 4. The largest absolute Gasteiger partial charge is 0.497 e. The van der Waals surface area contributed by atoms with E-state index in [4.69, 9.17) is 14.5 Å². The van der Waals surface area contributed by atoms with Gasteiger partial charge in [-0.05, 0) is 73.8 Å². The second-order valence-electron chi connectivity index (χ2n) is 7.66. The van der Waals surface area contributed by atoms with E-state index in [2.05, 4.69) is 48.2 Å². The average Bonchev–Trinajstić information content (AvgIpc) is 2.73. The van der Waals surface area contributed by atoms with E-state index in [9.17, 15) is 0 Å². The number of aryl methyl sites for hydroxylation is 1. The molecule has 1 saturated heterocycles. The Bertz CT molecular complexity index is 953. The van der Waals surface area contributed by atoms with Gasteiger partial charge in [0.25, 0.3) is 0 Å². The summed E-state index contributed by atoms with van der Waals surface area (Å²) in [7, 11) is 3.51. The van der Waals surface area contributed by atoms with Gasteiger partial charge < -0.3 is 9.47 Å². The highest BCUT2D eigenvalue weighted by Crippen LogP contribution is 2.29. The zero-order valence-corrected chi connectivity index (χ0v) is 16.9. The summed E-state index contributed by atoms with van der Waals surface area (Å²) in [4.78, 5) is 7.56. The SMILES string of the molecule is COc1ccc(-c2nc3cc(C)ccc3cc2CN2CCC[C@@H](OC)C2)cc1. The summed E-state index contributed by atoms with van der Waals surface area (Å²) in [6, 6.07) is 17.0. The molecule has 0 aliphatic carbocycles. The first-order valence-electron chi connectivity index (χ1n) is 9.96. The number of hydrogen-bond donors (Lipinski definition) is 0. The van der Waals surface area contributed by atoms with Crippen molar-refractivity contribution in [2.45, 2.75) is 32.4 Å². The standard InChI is InChI=1S/C24H28N2O2/c1-17-6-7-19-14-20(15-26-12-4-5-22(16-26)28-3)24(25-23(19)13-17)18-8-10-21(27-2)11-9-18/h6-11,13-14,22H,4-5,12,15-16H2,1-3H3/t22-/m1/s1. The molecule has 1 aliphatic heterocycles. The molecule has 0 N–H and O–H groups in total. The molecular formula is C24H28N2O2. The van der Waals surface area contributed by atoms with Crippen LogP contribution in [0.5, 0.6) is 5.75 Å². The molecule has 4 rings (SSSR count). The zero-order valence-electron chi connectivity index (χ0n) is 16.9. The zero-order chi connectivity index (χ0) is 19.5. The molecule has 4 heteroatoms. The second-order valence-corrected chi connectivity index (χ2v) is 7.66. The molecule has 2 aromatic carbocycles. The molecule has 4 nitrogen and oxygen atoms in total. The lowest BCUT2D eigenvalue weighted by Gasteiger charge is -2.32. The smallest absolute Gasteiger partial charge is 0.118 e. The van der Waals surface area contributed by atoms with Gasteiger partial charge in [-0.2, -0.15) is 0 Å². The predicted molar refractivity (Wildman–Crippen MR) is 114 cm³/mol. The molecule has 0 bridgehead atoms. The van der Waals surface area contributed by atoms with Crippen LogP contribution in [0.2, 0.25) is 0 Å². The summed E-state index contributed by atoms with van der Waals surface area (Å²) in [5.74, 6) is 0.862. The summed E-state index contributed by atoms with van der Waals surface area (Å²) >= 11 is 0. The van der Waals surface area contributed by atoms with Crippen LogP contribution < -0.4 is 4.74 Å². The van der Waals surface area contributed by atoms with Gasteiger partial charge in [-0.3, -0.25) is 4.90 Å². The van der Waals surface area contributed by atoms with E-state index in [0.717, 1.165) is 48.6 Å². The third kappa shape index (κ3) is 4.03. The predicted octanol–water partition coefficient (Wildman–Crippen LogP) is 4.83. The van der Waals surface area contributed by atoms with E-state index in [1.54, 1.807) is 7.11 Å². The Kier molecular flexibility index (Phi) is 5.60. The summed E-state index contributed by atoms with van der Waals surface area (Å²) in [5.41, 5.74) is 5.72. The van der Waals surface area contributed by atoms with Crippen molar-refractivity contribution < 1.29 is 9.47 Å². The first-order chi connectivity index (χ1) is 13.7. The number of likely N-dealkylation sites (tertiary alicyclic amines) is 1. The van der Waals surface area contributed by atoms with Crippen molar-refractivity contribution in [1.29, 1.82) is 0 Å². The van der Waals surface area contributed by atoms with Crippen molar-refractivity contribution in [3.05, 3.63) is 59.7 Å².